The van der Waals surface area contributed by atoms with Gasteiger partial charge in [-0.25, -0.2) is 4.98 Å². The van der Waals surface area contributed by atoms with Gasteiger partial charge in [-0.05, 0) is 51.0 Å². The monoisotopic (exact) mass is 407 g/mol. The zero-order valence-corrected chi connectivity index (χ0v) is 17.5. The van der Waals surface area contributed by atoms with Crippen molar-refractivity contribution in [1.29, 1.82) is 0 Å². The molecule has 0 bridgehead atoms. The van der Waals surface area contributed by atoms with Crippen LogP contribution < -0.4 is 10.9 Å². The SMILES string of the molecule is Cc1ccc(-n2c(SC(C)C(=O)NC3CCCC3)nc3ccccc3c2=O)cc1. The predicted octanol–water partition coefficient (Wildman–Crippen LogP) is 4.23. The van der Waals surface area contributed by atoms with Gasteiger partial charge in [0.15, 0.2) is 5.16 Å². The maximum atomic E-state index is 13.3. The zero-order valence-electron chi connectivity index (χ0n) is 16.7. The smallest absolute Gasteiger partial charge is 0.266 e. The molecule has 4 rings (SSSR count). The van der Waals surface area contributed by atoms with E-state index in [4.69, 9.17) is 4.98 Å². The molecule has 6 heteroatoms. The van der Waals surface area contributed by atoms with E-state index in [1.54, 1.807) is 10.6 Å². The third kappa shape index (κ3) is 4.22. The lowest BCUT2D eigenvalue weighted by Gasteiger charge is -2.18. The summed E-state index contributed by atoms with van der Waals surface area (Å²) in [5.74, 6) is -0.000219. The van der Waals surface area contributed by atoms with E-state index in [1.807, 2.05) is 56.3 Å². The second kappa shape index (κ2) is 8.41. The lowest BCUT2D eigenvalue weighted by Crippen LogP contribution is -2.38. The van der Waals surface area contributed by atoms with Gasteiger partial charge in [0.1, 0.15) is 0 Å². The third-order valence-electron chi connectivity index (χ3n) is 5.39. The summed E-state index contributed by atoms with van der Waals surface area (Å²) in [7, 11) is 0. The average Bonchev–Trinajstić information content (AvgIpc) is 3.22. The highest BCUT2D eigenvalue weighted by Gasteiger charge is 2.23. The number of hydrogen-bond donors (Lipinski definition) is 1. The second-order valence-corrected chi connectivity index (χ2v) is 8.95. The third-order valence-corrected chi connectivity index (χ3v) is 6.44. The fraction of sp³-hybridized carbons (Fsp3) is 0.348. The number of benzene rings is 2. The van der Waals surface area contributed by atoms with Crippen LogP contribution in [0.4, 0.5) is 0 Å². The van der Waals surface area contributed by atoms with Crippen LogP contribution in [-0.4, -0.2) is 26.8 Å². The molecule has 1 N–H and O–H groups in total. The van der Waals surface area contributed by atoms with Gasteiger partial charge in [-0.3, -0.25) is 14.2 Å². The van der Waals surface area contributed by atoms with E-state index in [9.17, 15) is 9.59 Å². The number of hydrogen-bond acceptors (Lipinski definition) is 4. The number of carbonyl (C=O) groups is 1. The molecule has 150 valence electrons. The summed E-state index contributed by atoms with van der Waals surface area (Å²) in [6.45, 7) is 3.88. The molecule has 1 aromatic heterocycles. The van der Waals surface area contributed by atoms with Crippen molar-refractivity contribution in [3.8, 4) is 5.69 Å². The Morgan fingerprint density at radius 1 is 1.14 bits per heavy atom. The van der Waals surface area contributed by atoms with E-state index in [-0.39, 0.29) is 22.8 Å². The zero-order chi connectivity index (χ0) is 20.4. The Labute approximate surface area is 174 Å². The number of para-hydroxylation sites is 1. The summed E-state index contributed by atoms with van der Waals surface area (Å²) < 4.78 is 1.62. The van der Waals surface area contributed by atoms with Gasteiger partial charge in [0.25, 0.3) is 5.56 Å². The fourth-order valence-corrected chi connectivity index (χ4v) is 4.65. The first-order valence-corrected chi connectivity index (χ1v) is 11.0. The fourth-order valence-electron chi connectivity index (χ4n) is 3.71. The predicted molar refractivity (Wildman–Crippen MR) is 118 cm³/mol. The summed E-state index contributed by atoms with van der Waals surface area (Å²) in [6, 6.07) is 15.4. The molecule has 29 heavy (non-hydrogen) atoms. The first kappa shape index (κ1) is 19.7. The van der Waals surface area contributed by atoms with Crippen LogP contribution in [0.3, 0.4) is 0 Å². The highest BCUT2D eigenvalue weighted by atomic mass is 32.2. The summed E-state index contributed by atoms with van der Waals surface area (Å²) in [5.41, 5.74) is 2.40. The van der Waals surface area contributed by atoms with Gasteiger partial charge in [-0.1, -0.05) is 54.4 Å². The number of nitrogens with zero attached hydrogens (tertiary/aromatic N) is 2. The number of nitrogens with one attached hydrogen (secondary N) is 1. The van der Waals surface area contributed by atoms with E-state index in [1.165, 1.54) is 24.6 Å². The van der Waals surface area contributed by atoms with E-state index >= 15 is 0 Å². The van der Waals surface area contributed by atoms with Crippen LogP contribution in [0.25, 0.3) is 16.6 Å². The molecule has 2 aromatic carbocycles. The quantitative estimate of drug-likeness (QED) is 0.508. The molecule has 1 atom stereocenters. The number of amides is 1. The van der Waals surface area contributed by atoms with Crippen LogP contribution in [0.15, 0.2) is 58.5 Å². The van der Waals surface area contributed by atoms with Crippen molar-refractivity contribution in [2.45, 2.75) is 56.0 Å². The molecule has 0 saturated heterocycles. The lowest BCUT2D eigenvalue weighted by molar-refractivity contribution is -0.120. The summed E-state index contributed by atoms with van der Waals surface area (Å²) in [5, 5.41) is 3.90. The van der Waals surface area contributed by atoms with Gasteiger partial charge in [0.2, 0.25) is 5.91 Å². The van der Waals surface area contributed by atoms with Crippen LogP contribution in [-0.2, 0) is 4.79 Å². The summed E-state index contributed by atoms with van der Waals surface area (Å²) in [6.07, 6.45) is 4.44. The topological polar surface area (TPSA) is 64.0 Å². The number of aryl methyl sites for hydroxylation is 1. The van der Waals surface area contributed by atoms with Crippen LogP contribution in [0.5, 0.6) is 0 Å². The second-order valence-electron chi connectivity index (χ2n) is 7.64. The maximum absolute atomic E-state index is 13.3. The molecule has 1 heterocycles. The van der Waals surface area contributed by atoms with Gasteiger partial charge in [0, 0.05) is 6.04 Å². The Balaban J connectivity index is 1.71. The Kier molecular flexibility index (Phi) is 5.72. The Hall–Kier alpha value is -2.60. The molecule has 0 spiro atoms. The van der Waals surface area contributed by atoms with Crippen molar-refractivity contribution in [2.75, 3.05) is 0 Å². The minimum Gasteiger partial charge on any atom is -0.352 e. The normalized spacial score (nSPS) is 15.5. The van der Waals surface area contributed by atoms with Gasteiger partial charge >= 0.3 is 0 Å². The molecule has 1 fully saturated rings. The maximum Gasteiger partial charge on any atom is 0.266 e. The molecular weight excluding hydrogens is 382 g/mol. The van der Waals surface area contributed by atoms with Crippen LogP contribution in [0, 0.1) is 6.92 Å². The van der Waals surface area contributed by atoms with Crippen molar-refractivity contribution in [3.63, 3.8) is 0 Å². The number of carbonyl (C=O) groups excluding carboxylic acids is 1. The molecular formula is C23H25N3O2S. The van der Waals surface area contributed by atoms with Crippen molar-refractivity contribution in [3.05, 3.63) is 64.4 Å². The minimum absolute atomic E-state index is 0.000219. The van der Waals surface area contributed by atoms with Crippen LogP contribution in [0.2, 0.25) is 0 Å². The van der Waals surface area contributed by atoms with Gasteiger partial charge in [0.05, 0.1) is 21.8 Å². The Morgan fingerprint density at radius 2 is 1.83 bits per heavy atom. The Morgan fingerprint density at radius 3 is 2.55 bits per heavy atom. The number of rotatable bonds is 5. The molecule has 0 radical (unpaired) electrons. The molecule has 1 saturated carbocycles. The first-order valence-electron chi connectivity index (χ1n) is 10.1. The van der Waals surface area contributed by atoms with E-state index in [2.05, 4.69) is 5.32 Å². The highest BCUT2D eigenvalue weighted by Crippen LogP contribution is 2.26. The van der Waals surface area contributed by atoms with Crippen molar-refractivity contribution in [2.24, 2.45) is 0 Å². The van der Waals surface area contributed by atoms with Crippen LogP contribution >= 0.6 is 11.8 Å². The summed E-state index contributed by atoms with van der Waals surface area (Å²) in [4.78, 5) is 30.7. The largest absolute Gasteiger partial charge is 0.352 e. The number of aromatic nitrogens is 2. The molecule has 3 aromatic rings. The molecule has 1 aliphatic rings. The summed E-state index contributed by atoms with van der Waals surface area (Å²) >= 11 is 1.33. The Bertz CT molecular complexity index is 1090. The molecule has 5 nitrogen and oxygen atoms in total. The molecule has 1 aliphatic carbocycles. The van der Waals surface area contributed by atoms with Gasteiger partial charge < -0.3 is 5.32 Å². The first-order chi connectivity index (χ1) is 14.0. The average molecular weight is 408 g/mol. The van der Waals surface area contributed by atoms with Crippen LogP contribution in [0.1, 0.15) is 38.2 Å². The van der Waals surface area contributed by atoms with Crippen molar-refractivity contribution < 1.29 is 4.79 Å². The minimum atomic E-state index is -0.347. The lowest BCUT2D eigenvalue weighted by atomic mass is 10.2. The van der Waals surface area contributed by atoms with E-state index in [0.717, 1.165) is 24.1 Å². The van der Waals surface area contributed by atoms with Crippen molar-refractivity contribution in [1.82, 2.24) is 14.9 Å². The molecule has 1 amide bonds. The standard InChI is InChI=1S/C23H25N3O2S/c1-15-11-13-18(14-12-15)26-22(28)19-9-5-6-10-20(19)25-23(26)29-16(2)21(27)24-17-7-3-4-8-17/h5-6,9-14,16-17H,3-4,7-8H2,1-2H3,(H,24,27). The van der Waals surface area contributed by atoms with E-state index in [0.29, 0.717) is 16.1 Å². The molecule has 1 unspecified atom stereocenters. The number of thioether (sulfide) groups is 1. The number of fused-ring (bicyclic) bond motifs is 1. The molecule has 0 aliphatic heterocycles. The highest BCUT2D eigenvalue weighted by molar-refractivity contribution is 8.00. The van der Waals surface area contributed by atoms with Gasteiger partial charge in [-0.2, -0.15) is 0 Å². The van der Waals surface area contributed by atoms with Crippen molar-refractivity contribution >= 4 is 28.6 Å². The van der Waals surface area contributed by atoms with E-state index < -0.39 is 0 Å². The van der Waals surface area contributed by atoms with Gasteiger partial charge in [-0.15, -0.1) is 0 Å².